The summed E-state index contributed by atoms with van der Waals surface area (Å²) >= 11 is 0. The van der Waals surface area contributed by atoms with Crippen LogP contribution in [0.1, 0.15) is 34.8 Å². The number of nitrogens with two attached hydrogens (primary N) is 1. The number of fused-ring (bicyclic) bond motifs is 1. The molecule has 0 spiro atoms. The Hall–Kier alpha value is -4.84. The van der Waals surface area contributed by atoms with Gasteiger partial charge in [-0.1, -0.05) is 19.1 Å². The third-order valence-electron chi connectivity index (χ3n) is 5.97. The molecule has 0 aliphatic heterocycles. The number of amides is 1. The van der Waals surface area contributed by atoms with Crippen molar-refractivity contribution >= 4 is 40.1 Å². The SMILES string of the molecule is CCc1c(CO)cccc1Nc1c(C(N)=O)cnc2cc(OCCCN(C)C)c(OC)cc12.O=C(O)C(F)(F)F.O=C(O)C(F)(F)F. The van der Waals surface area contributed by atoms with Gasteiger partial charge in [0.25, 0.3) is 5.91 Å². The number of benzene rings is 2. The number of nitrogens with one attached hydrogen (secondary N) is 1. The molecule has 6 N–H and O–H groups in total. The van der Waals surface area contributed by atoms with E-state index in [1.54, 1.807) is 13.2 Å². The van der Waals surface area contributed by atoms with E-state index in [4.69, 9.17) is 35.0 Å². The van der Waals surface area contributed by atoms with Gasteiger partial charge in [0.15, 0.2) is 11.5 Å². The molecule has 0 saturated carbocycles. The summed E-state index contributed by atoms with van der Waals surface area (Å²) in [6.07, 6.45) is -7.12. The molecule has 0 atom stereocenters. The minimum atomic E-state index is -5.08. The molecule has 47 heavy (non-hydrogen) atoms. The normalized spacial score (nSPS) is 11.1. The van der Waals surface area contributed by atoms with E-state index in [2.05, 4.69) is 15.2 Å². The third kappa shape index (κ3) is 12.5. The number of ether oxygens (including phenoxy) is 2. The second kappa shape index (κ2) is 17.7. The maximum Gasteiger partial charge on any atom is 0.490 e. The lowest BCUT2D eigenvalue weighted by atomic mass is 10.0. The van der Waals surface area contributed by atoms with Gasteiger partial charge in [0.05, 0.1) is 37.1 Å². The molecule has 0 aliphatic rings. The predicted molar refractivity (Wildman–Crippen MR) is 158 cm³/mol. The number of aromatic nitrogens is 1. The van der Waals surface area contributed by atoms with Crippen molar-refractivity contribution in [2.75, 3.05) is 39.7 Å². The molecule has 1 aromatic heterocycles. The zero-order valence-electron chi connectivity index (χ0n) is 25.6. The van der Waals surface area contributed by atoms with Crippen LogP contribution in [0.25, 0.3) is 10.9 Å². The van der Waals surface area contributed by atoms with Crippen LogP contribution in [0.15, 0.2) is 36.5 Å². The van der Waals surface area contributed by atoms with E-state index in [0.29, 0.717) is 41.1 Å². The Labute approximate surface area is 264 Å². The van der Waals surface area contributed by atoms with Crippen molar-refractivity contribution in [3.63, 3.8) is 0 Å². The fourth-order valence-corrected chi connectivity index (χ4v) is 3.81. The number of aliphatic carboxylic acids is 2. The molecular formula is C29H34F6N4O8. The molecule has 12 nitrogen and oxygen atoms in total. The molecule has 1 heterocycles. The summed E-state index contributed by atoms with van der Waals surface area (Å²) in [6, 6.07) is 9.27. The summed E-state index contributed by atoms with van der Waals surface area (Å²) in [5.41, 5.74) is 9.70. The summed E-state index contributed by atoms with van der Waals surface area (Å²) in [5.74, 6) is -4.98. The highest BCUT2D eigenvalue weighted by molar-refractivity contribution is 6.08. The van der Waals surface area contributed by atoms with Crippen molar-refractivity contribution < 1.29 is 65.5 Å². The second-order valence-corrected chi connectivity index (χ2v) is 9.62. The van der Waals surface area contributed by atoms with Gasteiger partial charge in [-0.25, -0.2) is 9.59 Å². The Bertz CT molecular complexity index is 1510. The van der Waals surface area contributed by atoms with Gasteiger partial charge in [-0.15, -0.1) is 0 Å². The van der Waals surface area contributed by atoms with E-state index in [1.807, 2.05) is 45.3 Å². The Morgan fingerprint density at radius 3 is 2.02 bits per heavy atom. The minimum absolute atomic E-state index is 0.0686. The quantitative estimate of drug-likeness (QED) is 0.139. The average Bonchev–Trinajstić information content (AvgIpc) is 2.98. The van der Waals surface area contributed by atoms with Gasteiger partial charge < -0.3 is 40.7 Å². The Morgan fingerprint density at radius 1 is 1.00 bits per heavy atom. The van der Waals surface area contributed by atoms with E-state index >= 15 is 0 Å². The topological polar surface area (TPSA) is 185 Å². The monoisotopic (exact) mass is 680 g/mol. The van der Waals surface area contributed by atoms with Gasteiger partial charge in [-0.2, -0.15) is 26.3 Å². The Kier molecular flexibility index (Phi) is 15.2. The smallest absolute Gasteiger partial charge is 0.490 e. The number of carboxylic acid groups (broad SMARTS) is 2. The summed E-state index contributed by atoms with van der Waals surface area (Å²) < 4.78 is 75.0. The highest BCUT2D eigenvalue weighted by Crippen LogP contribution is 2.38. The van der Waals surface area contributed by atoms with Crippen molar-refractivity contribution in [2.24, 2.45) is 5.73 Å². The lowest BCUT2D eigenvalue weighted by Gasteiger charge is -2.19. The zero-order valence-corrected chi connectivity index (χ0v) is 25.6. The average molecular weight is 681 g/mol. The number of hydrogen-bond donors (Lipinski definition) is 5. The van der Waals surface area contributed by atoms with E-state index in [1.165, 1.54) is 6.20 Å². The van der Waals surface area contributed by atoms with Crippen molar-refractivity contribution in [1.82, 2.24) is 9.88 Å². The van der Waals surface area contributed by atoms with Crippen molar-refractivity contribution in [1.29, 1.82) is 0 Å². The van der Waals surface area contributed by atoms with E-state index < -0.39 is 30.2 Å². The maximum atomic E-state index is 12.2. The van der Waals surface area contributed by atoms with Crippen molar-refractivity contribution in [3.8, 4) is 11.5 Å². The number of carbonyl (C=O) groups excluding carboxylic acids is 1. The van der Waals surface area contributed by atoms with Crippen LogP contribution in [0.4, 0.5) is 37.7 Å². The zero-order chi connectivity index (χ0) is 36.1. The number of aliphatic hydroxyl groups is 1. The van der Waals surface area contributed by atoms with Gasteiger partial charge in [0.1, 0.15) is 0 Å². The molecule has 0 aliphatic carbocycles. The van der Waals surface area contributed by atoms with Crippen LogP contribution < -0.4 is 20.5 Å². The van der Waals surface area contributed by atoms with Gasteiger partial charge in [0.2, 0.25) is 0 Å². The first-order valence-corrected chi connectivity index (χ1v) is 13.4. The summed E-state index contributed by atoms with van der Waals surface area (Å²) in [4.78, 5) is 36.6. The lowest BCUT2D eigenvalue weighted by molar-refractivity contribution is -0.193. The fraction of sp³-hybridized carbons (Fsp3) is 0.379. The lowest BCUT2D eigenvalue weighted by Crippen LogP contribution is -2.21. The number of carbonyl (C=O) groups is 3. The van der Waals surface area contributed by atoms with Crippen LogP contribution in [0.3, 0.4) is 0 Å². The van der Waals surface area contributed by atoms with Gasteiger partial charge >= 0.3 is 24.3 Å². The standard InChI is InChI=1S/C25H32N4O4.2C2HF3O2/c1-5-17-16(15-30)8-6-9-20(17)28-24-18-12-22(32-4)23(33-11-7-10-29(2)3)13-21(18)27-14-19(24)25(26)31;2*3-2(4,5)1(6)7/h6,8-9,12-14,30H,5,7,10-11,15H2,1-4H3,(H2,26,31)(H,27,28);2*(H,6,7). The molecule has 0 radical (unpaired) electrons. The Balaban J connectivity index is 0.000000658. The van der Waals surface area contributed by atoms with Crippen LogP contribution in [0.5, 0.6) is 11.5 Å². The first-order valence-electron chi connectivity index (χ1n) is 13.4. The molecule has 3 aromatic rings. The maximum absolute atomic E-state index is 12.2. The van der Waals surface area contributed by atoms with E-state index in [0.717, 1.165) is 29.8 Å². The molecule has 0 fully saturated rings. The van der Waals surface area contributed by atoms with Gasteiger partial charge in [0, 0.05) is 29.9 Å². The number of hydrogen-bond acceptors (Lipinski definition) is 9. The number of primary amides is 1. The second-order valence-electron chi connectivity index (χ2n) is 9.62. The largest absolute Gasteiger partial charge is 0.493 e. The number of nitrogens with zero attached hydrogens (tertiary/aromatic N) is 2. The molecule has 0 unspecified atom stereocenters. The molecule has 260 valence electrons. The van der Waals surface area contributed by atoms with Crippen LogP contribution >= 0.6 is 0 Å². The van der Waals surface area contributed by atoms with Crippen LogP contribution in [-0.4, -0.2) is 89.8 Å². The number of alkyl halides is 6. The van der Waals surface area contributed by atoms with E-state index in [9.17, 15) is 36.2 Å². The number of aliphatic hydroxyl groups excluding tert-OH is 1. The van der Waals surface area contributed by atoms with Crippen LogP contribution in [-0.2, 0) is 22.6 Å². The van der Waals surface area contributed by atoms with Gasteiger partial charge in [-0.3, -0.25) is 9.78 Å². The third-order valence-corrected chi connectivity index (χ3v) is 5.97. The first kappa shape index (κ1) is 40.2. The highest BCUT2D eigenvalue weighted by Gasteiger charge is 2.38. The number of methoxy groups -OCH3 is 1. The van der Waals surface area contributed by atoms with Crippen molar-refractivity contribution in [2.45, 2.75) is 38.7 Å². The summed E-state index contributed by atoms with van der Waals surface area (Å²) in [6.45, 7) is 3.40. The minimum Gasteiger partial charge on any atom is -0.493 e. The van der Waals surface area contributed by atoms with Gasteiger partial charge in [-0.05, 0) is 50.2 Å². The van der Waals surface area contributed by atoms with Crippen LogP contribution in [0, 0.1) is 0 Å². The highest BCUT2D eigenvalue weighted by atomic mass is 19.4. The molecule has 1 amide bonds. The van der Waals surface area contributed by atoms with Crippen molar-refractivity contribution in [3.05, 3.63) is 53.2 Å². The number of halogens is 6. The molecule has 3 rings (SSSR count). The molecule has 0 bridgehead atoms. The number of rotatable bonds is 11. The molecule has 2 aromatic carbocycles. The van der Waals surface area contributed by atoms with E-state index in [-0.39, 0.29) is 12.2 Å². The number of pyridine rings is 1. The number of carboxylic acids is 2. The first-order chi connectivity index (χ1) is 21.8. The fourth-order valence-electron chi connectivity index (χ4n) is 3.81. The molecule has 18 heteroatoms. The predicted octanol–water partition coefficient (Wildman–Crippen LogP) is 4.74. The Morgan fingerprint density at radius 2 is 1.57 bits per heavy atom. The number of anilines is 2. The molecule has 0 saturated heterocycles. The summed E-state index contributed by atoms with van der Waals surface area (Å²) in [5, 5.41) is 28.0. The van der Waals surface area contributed by atoms with Crippen LogP contribution in [0.2, 0.25) is 0 Å². The molecular weight excluding hydrogens is 646 g/mol. The summed E-state index contributed by atoms with van der Waals surface area (Å²) in [7, 11) is 5.61.